The number of rotatable bonds is 2. The molecule has 0 unspecified atom stereocenters. The fourth-order valence-electron chi connectivity index (χ4n) is 2.31. The lowest BCUT2D eigenvalue weighted by molar-refractivity contribution is 0.590. The second kappa shape index (κ2) is 5.36. The first-order chi connectivity index (χ1) is 9.86. The third-order valence-electron chi connectivity index (χ3n) is 3.81. The Morgan fingerprint density at radius 3 is 2.24 bits per heavy atom. The van der Waals surface area contributed by atoms with Gasteiger partial charge in [-0.3, -0.25) is 0 Å². The van der Waals surface area contributed by atoms with Crippen LogP contribution in [0.3, 0.4) is 0 Å². The maximum Gasteiger partial charge on any atom is 0.161 e. The van der Waals surface area contributed by atoms with Crippen molar-refractivity contribution in [1.29, 1.82) is 0 Å². The molecule has 2 nitrogen and oxygen atoms in total. The van der Waals surface area contributed by atoms with E-state index in [0.29, 0.717) is 16.9 Å². The molecule has 2 aromatic rings. The first-order valence-electron chi connectivity index (χ1n) is 7.20. The zero-order valence-corrected chi connectivity index (χ0v) is 14.8. The molecule has 4 heteroatoms. The largest absolute Gasteiger partial charge is 0.231 e. The van der Waals surface area contributed by atoms with Crippen LogP contribution in [-0.2, 0) is 5.41 Å². The van der Waals surface area contributed by atoms with Crippen molar-refractivity contribution < 1.29 is 0 Å². The van der Waals surface area contributed by atoms with Crippen LogP contribution in [0.25, 0.3) is 11.4 Å². The summed E-state index contributed by atoms with van der Waals surface area (Å²) >= 11 is 9.75. The molecular weight excluding hydrogens is 348 g/mol. The van der Waals surface area contributed by atoms with Gasteiger partial charge in [-0.05, 0) is 39.8 Å². The fourth-order valence-corrected chi connectivity index (χ4v) is 2.99. The lowest BCUT2D eigenvalue weighted by Crippen LogP contribution is -2.10. The minimum Gasteiger partial charge on any atom is -0.231 e. The van der Waals surface area contributed by atoms with Gasteiger partial charge in [0.15, 0.2) is 5.82 Å². The van der Waals surface area contributed by atoms with Gasteiger partial charge in [-0.1, -0.05) is 56.6 Å². The Bertz CT molecular complexity index is 670. The van der Waals surface area contributed by atoms with E-state index in [0.717, 1.165) is 15.7 Å². The summed E-state index contributed by atoms with van der Waals surface area (Å²) in [6, 6.07) is 8.45. The fraction of sp³-hybridized carbons (Fsp3) is 0.412. The summed E-state index contributed by atoms with van der Waals surface area (Å²) in [6.07, 6.45) is 2.38. The monoisotopic (exact) mass is 364 g/mol. The van der Waals surface area contributed by atoms with Gasteiger partial charge < -0.3 is 0 Å². The van der Waals surface area contributed by atoms with Crippen molar-refractivity contribution in [3.05, 3.63) is 45.1 Å². The minimum atomic E-state index is 0.149. The van der Waals surface area contributed by atoms with E-state index in [2.05, 4.69) is 66.0 Å². The van der Waals surface area contributed by atoms with E-state index in [4.69, 9.17) is 16.6 Å². The highest BCUT2D eigenvalue weighted by Gasteiger charge is 2.29. The molecule has 1 aliphatic rings. The van der Waals surface area contributed by atoms with Crippen molar-refractivity contribution in [2.75, 3.05) is 0 Å². The number of nitrogens with zero attached hydrogens (tertiary/aromatic N) is 2. The van der Waals surface area contributed by atoms with Crippen LogP contribution >= 0.6 is 27.5 Å². The van der Waals surface area contributed by atoms with E-state index in [9.17, 15) is 0 Å². The predicted molar refractivity (Wildman–Crippen MR) is 90.9 cm³/mol. The SMILES string of the molecule is CC(C)(C)c1ccc(-c2nc(Cl)c(Br)c(C3CC3)n2)cc1. The molecule has 1 aromatic carbocycles. The van der Waals surface area contributed by atoms with Gasteiger partial charge in [0.25, 0.3) is 0 Å². The molecule has 1 fully saturated rings. The molecule has 0 radical (unpaired) electrons. The van der Waals surface area contributed by atoms with E-state index < -0.39 is 0 Å². The topological polar surface area (TPSA) is 25.8 Å². The third kappa shape index (κ3) is 3.14. The average molecular weight is 366 g/mol. The molecule has 0 atom stereocenters. The van der Waals surface area contributed by atoms with Gasteiger partial charge in [-0.2, -0.15) is 0 Å². The van der Waals surface area contributed by atoms with Gasteiger partial charge in [-0.25, -0.2) is 9.97 Å². The quantitative estimate of drug-likeness (QED) is 0.635. The average Bonchev–Trinajstić information content (AvgIpc) is 3.25. The summed E-state index contributed by atoms with van der Waals surface area (Å²) in [5.41, 5.74) is 3.51. The summed E-state index contributed by atoms with van der Waals surface area (Å²) in [7, 11) is 0. The zero-order valence-electron chi connectivity index (χ0n) is 12.5. The molecule has 0 amide bonds. The van der Waals surface area contributed by atoms with Crippen molar-refractivity contribution in [3.63, 3.8) is 0 Å². The molecule has 0 aliphatic heterocycles. The molecule has 21 heavy (non-hydrogen) atoms. The molecule has 1 saturated carbocycles. The van der Waals surface area contributed by atoms with Crippen LogP contribution in [-0.4, -0.2) is 9.97 Å². The van der Waals surface area contributed by atoms with E-state index in [1.165, 1.54) is 18.4 Å². The Morgan fingerprint density at radius 2 is 1.71 bits per heavy atom. The molecule has 1 aromatic heterocycles. The molecule has 0 bridgehead atoms. The highest BCUT2D eigenvalue weighted by molar-refractivity contribution is 9.10. The maximum absolute atomic E-state index is 6.25. The lowest BCUT2D eigenvalue weighted by Gasteiger charge is -2.19. The second-order valence-electron chi connectivity index (χ2n) is 6.64. The number of hydrogen-bond donors (Lipinski definition) is 0. The summed E-state index contributed by atoms with van der Waals surface area (Å²) in [6.45, 7) is 6.63. The van der Waals surface area contributed by atoms with Crippen LogP contribution in [0, 0.1) is 0 Å². The first kappa shape index (κ1) is 15.0. The van der Waals surface area contributed by atoms with Crippen molar-refractivity contribution in [2.24, 2.45) is 0 Å². The maximum atomic E-state index is 6.25. The smallest absolute Gasteiger partial charge is 0.161 e. The first-order valence-corrected chi connectivity index (χ1v) is 8.37. The van der Waals surface area contributed by atoms with Crippen LogP contribution in [0.1, 0.15) is 50.8 Å². The predicted octanol–water partition coefficient (Wildman–Crippen LogP) is 5.73. The Morgan fingerprint density at radius 1 is 1.10 bits per heavy atom. The van der Waals surface area contributed by atoms with Crippen molar-refractivity contribution in [2.45, 2.75) is 44.9 Å². The molecule has 0 saturated heterocycles. The Balaban J connectivity index is 2.00. The highest BCUT2D eigenvalue weighted by Crippen LogP contribution is 2.44. The number of aromatic nitrogens is 2. The molecule has 3 rings (SSSR count). The molecule has 1 heterocycles. The normalized spacial score (nSPS) is 15.3. The summed E-state index contributed by atoms with van der Waals surface area (Å²) in [5.74, 6) is 1.25. The standard InChI is InChI=1S/C17H18BrClN2/c1-17(2,3)12-8-6-11(7-9-12)16-20-14(10-4-5-10)13(18)15(19)21-16/h6-10H,4-5H2,1-3H3. The number of halogens is 2. The summed E-state index contributed by atoms with van der Waals surface area (Å²) in [5, 5.41) is 0.502. The highest BCUT2D eigenvalue weighted by atomic mass is 79.9. The molecule has 1 aliphatic carbocycles. The van der Waals surface area contributed by atoms with Crippen molar-refractivity contribution >= 4 is 27.5 Å². The molecule has 0 N–H and O–H groups in total. The van der Waals surface area contributed by atoms with E-state index in [1.54, 1.807) is 0 Å². The minimum absolute atomic E-state index is 0.149. The van der Waals surface area contributed by atoms with Gasteiger partial charge in [-0.15, -0.1) is 0 Å². The van der Waals surface area contributed by atoms with Crippen molar-refractivity contribution in [3.8, 4) is 11.4 Å². The molecular formula is C17H18BrClN2. The van der Waals surface area contributed by atoms with Gasteiger partial charge >= 0.3 is 0 Å². The summed E-state index contributed by atoms with van der Waals surface area (Å²) in [4.78, 5) is 9.13. The van der Waals surface area contributed by atoms with Gasteiger partial charge in [0.05, 0.1) is 10.2 Å². The molecule has 0 spiro atoms. The Kier molecular flexibility index (Phi) is 3.83. The number of hydrogen-bond acceptors (Lipinski definition) is 2. The summed E-state index contributed by atoms with van der Waals surface area (Å²) < 4.78 is 0.849. The van der Waals surface area contributed by atoms with Crippen LogP contribution in [0.2, 0.25) is 5.15 Å². The second-order valence-corrected chi connectivity index (χ2v) is 7.79. The number of benzene rings is 1. The van der Waals surface area contributed by atoms with E-state index >= 15 is 0 Å². The van der Waals surface area contributed by atoms with Gasteiger partial charge in [0, 0.05) is 11.5 Å². The zero-order chi connectivity index (χ0) is 15.2. The van der Waals surface area contributed by atoms with Crippen molar-refractivity contribution in [1.82, 2.24) is 9.97 Å². The van der Waals surface area contributed by atoms with Gasteiger partial charge in [0.2, 0.25) is 0 Å². The van der Waals surface area contributed by atoms with Crippen LogP contribution in [0.15, 0.2) is 28.7 Å². The lowest BCUT2D eigenvalue weighted by atomic mass is 9.87. The van der Waals surface area contributed by atoms with Gasteiger partial charge in [0.1, 0.15) is 5.15 Å². The van der Waals surface area contributed by atoms with Crippen LogP contribution < -0.4 is 0 Å². The van der Waals surface area contributed by atoms with Crippen LogP contribution in [0.4, 0.5) is 0 Å². The van der Waals surface area contributed by atoms with E-state index in [-0.39, 0.29) is 5.41 Å². The van der Waals surface area contributed by atoms with E-state index in [1.807, 2.05) is 0 Å². The Labute approximate surface area is 139 Å². The third-order valence-corrected chi connectivity index (χ3v) is 5.09. The van der Waals surface area contributed by atoms with Crippen LogP contribution in [0.5, 0.6) is 0 Å². The molecule has 110 valence electrons. The Hall–Kier alpha value is -0.930.